The van der Waals surface area contributed by atoms with Crippen LogP contribution in [-0.4, -0.2) is 32.9 Å². The Labute approximate surface area is 78.8 Å². The molecule has 0 saturated heterocycles. The minimum atomic E-state index is -0.0474. The van der Waals surface area contributed by atoms with Crippen molar-refractivity contribution in [1.29, 1.82) is 0 Å². The van der Waals surface area contributed by atoms with E-state index in [-0.39, 0.29) is 6.73 Å². The summed E-state index contributed by atoms with van der Waals surface area (Å²) in [5.74, 6) is 0. The van der Waals surface area contributed by atoms with Crippen LogP contribution in [0.2, 0.25) is 0 Å². The maximum atomic E-state index is 8.94. The van der Waals surface area contributed by atoms with Crippen molar-refractivity contribution in [1.82, 2.24) is 14.7 Å². The molecule has 74 valence electrons. The van der Waals surface area contributed by atoms with E-state index in [1.165, 1.54) is 0 Å². The molecule has 1 rings (SSSR count). The van der Waals surface area contributed by atoms with Gasteiger partial charge in [-0.15, -0.1) is 0 Å². The fraction of sp³-hybridized carbons (Fsp3) is 0.667. The average molecular weight is 183 g/mol. The van der Waals surface area contributed by atoms with Gasteiger partial charge in [0.05, 0.1) is 5.69 Å². The number of aromatic nitrogens is 2. The maximum Gasteiger partial charge on any atom is 0.136 e. The third-order valence-electron chi connectivity index (χ3n) is 2.23. The molecule has 0 aromatic carbocycles. The Hall–Kier alpha value is -0.870. The van der Waals surface area contributed by atoms with E-state index in [1.807, 2.05) is 6.07 Å². The molecule has 0 amide bonds. The summed E-state index contributed by atoms with van der Waals surface area (Å²) < 4.78 is 1.60. The van der Waals surface area contributed by atoms with Crippen LogP contribution in [-0.2, 0) is 13.3 Å². The van der Waals surface area contributed by atoms with Crippen LogP contribution >= 0.6 is 0 Å². The van der Waals surface area contributed by atoms with Crippen LogP contribution in [0.1, 0.15) is 19.5 Å². The maximum absolute atomic E-state index is 8.94. The molecular weight excluding hydrogens is 166 g/mol. The lowest BCUT2D eigenvalue weighted by Gasteiger charge is -2.20. The number of aliphatic hydroxyl groups excluding tert-OH is 1. The zero-order valence-electron chi connectivity index (χ0n) is 8.44. The standard InChI is InChI=1S/C9H17N3O/c1-8(2)11(3)6-9-4-5-10-12(9)7-13/h4-5,8,13H,6-7H2,1-3H3. The summed E-state index contributed by atoms with van der Waals surface area (Å²) >= 11 is 0. The van der Waals surface area contributed by atoms with Gasteiger partial charge in [0.25, 0.3) is 0 Å². The molecule has 0 atom stereocenters. The minimum absolute atomic E-state index is 0.0474. The summed E-state index contributed by atoms with van der Waals surface area (Å²) in [5.41, 5.74) is 1.04. The average Bonchev–Trinajstić information content (AvgIpc) is 2.51. The van der Waals surface area contributed by atoms with Gasteiger partial charge in [-0.1, -0.05) is 0 Å². The molecule has 0 unspecified atom stereocenters. The van der Waals surface area contributed by atoms with Gasteiger partial charge in [0.15, 0.2) is 0 Å². The normalized spacial score (nSPS) is 11.5. The Kier molecular flexibility index (Phi) is 3.45. The number of hydrogen-bond donors (Lipinski definition) is 1. The molecule has 13 heavy (non-hydrogen) atoms. The van der Waals surface area contributed by atoms with Gasteiger partial charge in [-0.2, -0.15) is 5.10 Å². The predicted octanol–water partition coefficient (Wildman–Crippen LogP) is 0.673. The van der Waals surface area contributed by atoms with Crippen LogP contribution in [0.3, 0.4) is 0 Å². The van der Waals surface area contributed by atoms with Gasteiger partial charge in [-0.3, -0.25) is 4.90 Å². The summed E-state index contributed by atoms with van der Waals surface area (Å²) in [5, 5.41) is 12.9. The molecule has 1 aromatic rings. The van der Waals surface area contributed by atoms with Crippen LogP contribution in [0.15, 0.2) is 12.3 Å². The predicted molar refractivity (Wildman–Crippen MR) is 51.0 cm³/mol. The van der Waals surface area contributed by atoms with E-state index < -0.39 is 0 Å². The number of rotatable bonds is 4. The molecule has 0 saturated carbocycles. The van der Waals surface area contributed by atoms with Gasteiger partial charge in [-0.05, 0) is 27.0 Å². The second kappa shape index (κ2) is 4.39. The van der Waals surface area contributed by atoms with Crippen molar-refractivity contribution in [3.63, 3.8) is 0 Å². The molecule has 0 fully saturated rings. The van der Waals surface area contributed by atoms with Gasteiger partial charge < -0.3 is 5.11 Å². The van der Waals surface area contributed by atoms with Gasteiger partial charge in [0.1, 0.15) is 6.73 Å². The van der Waals surface area contributed by atoms with Crippen LogP contribution in [0.25, 0.3) is 0 Å². The van der Waals surface area contributed by atoms with Gasteiger partial charge >= 0.3 is 0 Å². The third-order valence-corrected chi connectivity index (χ3v) is 2.23. The summed E-state index contributed by atoms with van der Waals surface area (Å²) in [6.45, 7) is 5.05. The summed E-state index contributed by atoms with van der Waals surface area (Å²) in [7, 11) is 2.05. The van der Waals surface area contributed by atoms with E-state index in [0.717, 1.165) is 12.2 Å². The molecule has 0 aliphatic heterocycles. The number of hydrogen-bond acceptors (Lipinski definition) is 3. The Morgan fingerprint density at radius 1 is 1.62 bits per heavy atom. The fourth-order valence-corrected chi connectivity index (χ4v) is 1.06. The molecule has 0 spiro atoms. The molecule has 4 nitrogen and oxygen atoms in total. The van der Waals surface area contributed by atoms with Crippen molar-refractivity contribution in [2.45, 2.75) is 33.2 Å². The largest absolute Gasteiger partial charge is 0.374 e. The highest BCUT2D eigenvalue weighted by molar-refractivity contribution is 4.99. The van der Waals surface area contributed by atoms with Crippen LogP contribution < -0.4 is 0 Å². The van der Waals surface area contributed by atoms with Crippen molar-refractivity contribution in [3.8, 4) is 0 Å². The van der Waals surface area contributed by atoms with Gasteiger partial charge in [0, 0.05) is 18.8 Å². The van der Waals surface area contributed by atoms with Crippen molar-refractivity contribution in [3.05, 3.63) is 18.0 Å². The van der Waals surface area contributed by atoms with E-state index in [0.29, 0.717) is 6.04 Å². The fourth-order valence-electron chi connectivity index (χ4n) is 1.06. The van der Waals surface area contributed by atoms with Gasteiger partial charge in [-0.25, -0.2) is 4.68 Å². The first-order chi connectivity index (χ1) is 6.15. The molecule has 0 bridgehead atoms. The van der Waals surface area contributed by atoms with E-state index in [2.05, 4.69) is 30.9 Å². The Balaban J connectivity index is 2.62. The van der Waals surface area contributed by atoms with E-state index >= 15 is 0 Å². The van der Waals surface area contributed by atoms with Crippen LogP contribution in [0.4, 0.5) is 0 Å². The summed E-state index contributed by atoms with van der Waals surface area (Å²) in [6, 6.07) is 2.43. The molecule has 1 heterocycles. The number of aliphatic hydroxyl groups is 1. The third kappa shape index (κ3) is 2.54. The number of nitrogens with zero attached hydrogens (tertiary/aromatic N) is 3. The lowest BCUT2D eigenvalue weighted by atomic mass is 10.3. The summed E-state index contributed by atoms with van der Waals surface area (Å²) in [6.07, 6.45) is 1.71. The van der Waals surface area contributed by atoms with E-state index in [1.54, 1.807) is 10.9 Å². The van der Waals surface area contributed by atoms with Crippen LogP contribution in [0, 0.1) is 0 Å². The lowest BCUT2D eigenvalue weighted by molar-refractivity contribution is 0.180. The molecule has 4 heteroatoms. The second-order valence-corrected chi connectivity index (χ2v) is 3.47. The van der Waals surface area contributed by atoms with Crippen molar-refractivity contribution in [2.24, 2.45) is 0 Å². The molecule has 0 aliphatic carbocycles. The molecule has 1 aromatic heterocycles. The van der Waals surface area contributed by atoms with Crippen molar-refractivity contribution >= 4 is 0 Å². The highest BCUT2D eigenvalue weighted by Gasteiger charge is 2.07. The zero-order chi connectivity index (χ0) is 9.84. The quantitative estimate of drug-likeness (QED) is 0.746. The highest BCUT2D eigenvalue weighted by Crippen LogP contribution is 2.04. The lowest BCUT2D eigenvalue weighted by Crippen LogP contribution is -2.27. The smallest absolute Gasteiger partial charge is 0.136 e. The molecule has 0 aliphatic rings. The van der Waals surface area contributed by atoms with Crippen LogP contribution in [0.5, 0.6) is 0 Å². The Bertz CT molecular complexity index is 257. The first kappa shape index (κ1) is 10.2. The SMILES string of the molecule is CC(C)N(C)Cc1ccnn1CO. The topological polar surface area (TPSA) is 41.3 Å². The molecule has 1 N–H and O–H groups in total. The highest BCUT2D eigenvalue weighted by atomic mass is 16.3. The van der Waals surface area contributed by atoms with E-state index in [4.69, 9.17) is 5.11 Å². The molecule has 0 radical (unpaired) electrons. The molecular formula is C9H17N3O. The van der Waals surface area contributed by atoms with Gasteiger partial charge in [0.2, 0.25) is 0 Å². The summed E-state index contributed by atoms with van der Waals surface area (Å²) in [4.78, 5) is 2.20. The second-order valence-electron chi connectivity index (χ2n) is 3.47. The van der Waals surface area contributed by atoms with E-state index in [9.17, 15) is 0 Å². The Morgan fingerprint density at radius 3 is 2.85 bits per heavy atom. The minimum Gasteiger partial charge on any atom is -0.374 e. The monoisotopic (exact) mass is 183 g/mol. The first-order valence-corrected chi connectivity index (χ1v) is 4.47. The van der Waals surface area contributed by atoms with Crippen molar-refractivity contribution in [2.75, 3.05) is 7.05 Å². The van der Waals surface area contributed by atoms with Crippen molar-refractivity contribution < 1.29 is 5.11 Å². The Morgan fingerprint density at radius 2 is 2.31 bits per heavy atom. The zero-order valence-corrected chi connectivity index (χ0v) is 8.44. The first-order valence-electron chi connectivity index (χ1n) is 4.47.